The summed E-state index contributed by atoms with van der Waals surface area (Å²) in [7, 11) is -0.784. The van der Waals surface area contributed by atoms with Crippen molar-refractivity contribution in [1.82, 2.24) is 0 Å². The van der Waals surface area contributed by atoms with Gasteiger partial charge in [-0.3, -0.25) is 0 Å². The normalized spacial score (nSPS) is 32.9. The van der Waals surface area contributed by atoms with E-state index in [1.54, 1.807) is 0 Å². The van der Waals surface area contributed by atoms with Crippen molar-refractivity contribution in [2.75, 3.05) is 0 Å². The van der Waals surface area contributed by atoms with Crippen molar-refractivity contribution in [1.29, 1.82) is 0 Å². The molecule has 0 N–H and O–H groups in total. The molecule has 2 heterocycles. The molecule has 2 aromatic rings. The Morgan fingerprint density at radius 3 is 1.14 bits per heavy atom. The van der Waals surface area contributed by atoms with Crippen LogP contribution < -0.4 is 20.4 Å². The highest BCUT2D eigenvalue weighted by Gasteiger charge is 2.57. The van der Waals surface area contributed by atoms with Gasteiger partial charge in [0, 0.05) is 5.41 Å². The van der Waals surface area contributed by atoms with Crippen LogP contribution in [0.2, 0.25) is 0 Å². The van der Waals surface area contributed by atoms with Crippen molar-refractivity contribution < 1.29 is 28.1 Å². The molecule has 6 fully saturated rings. The van der Waals surface area contributed by atoms with E-state index < -0.39 is 14.2 Å². The molecule has 43 heavy (non-hydrogen) atoms. The second kappa shape index (κ2) is 10.0. The molecule has 0 amide bonds. The summed E-state index contributed by atoms with van der Waals surface area (Å²) in [5, 5.41) is 0. The molecule has 0 atom stereocenters. The van der Waals surface area contributed by atoms with Gasteiger partial charge in [0.1, 0.15) is 11.5 Å². The fraction of sp³-hybridized carbons (Fsp3) is 0.657. The summed E-state index contributed by atoms with van der Waals surface area (Å²) in [4.78, 5) is 0. The van der Waals surface area contributed by atoms with Gasteiger partial charge >= 0.3 is 14.2 Å². The van der Waals surface area contributed by atoms with Gasteiger partial charge in [0.25, 0.3) is 0 Å². The first-order chi connectivity index (χ1) is 20.1. The zero-order valence-corrected chi connectivity index (χ0v) is 27.3. The molecule has 6 aliphatic rings. The molecular formula is C35H48B2O6. The lowest BCUT2D eigenvalue weighted by Crippen LogP contribution is -2.55. The van der Waals surface area contributed by atoms with Gasteiger partial charge in [-0.05, 0) is 147 Å². The maximum absolute atomic E-state index is 6.83. The fourth-order valence-corrected chi connectivity index (χ4v) is 8.35. The maximum Gasteiger partial charge on any atom is 0.494 e. The van der Waals surface area contributed by atoms with Crippen molar-refractivity contribution in [2.24, 2.45) is 23.2 Å². The maximum atomic E-state index is 6.83. The smallest absolute Gasteiger partial charge is 0.454 e. The molecule has 8 heteroatoms. The van der Waals surface area contributed by atoms with E-state index in [4.69, 9.17) is 28.1 Å². The summed E-state index contributed by atoms with van der Waals surface area (Å²) >= 11 is 0. The summed E-state index contributed by atoms with van der Waals surface area (Å²) in [6.45, 7) is 16.7. The first-order valence-electron chi connectivity index (χ1n) is 16.4. The van der Waals surface area contributed by atoms with E-state index in [1.165, 1.54) is 38.5 Å². The van der Waals surface area contributed by atoms with Crippen molar-refractivity contribution >= 4 is 25.2 Å². The van der Waals surface area contributed by atoms with Crippen LogP contribution in [0.3, 0.4) is 0 Å². The van der Waals surface area contributed by atoms with Gasteiger partial charge in [-0.25, -0.2) is 0 Å². The second-order valence-electron chi connectivity index (χ2n) is 16.2. The van der Waals surface area contributed by atoms with Crippen molar-refractivity contribution in [2.45, 2.75) is 123 Å². The molecule has 2 aliphatic heterocycles. The molecule has 0 unspecified atom stereocenters. The van der Waals surface area contributed by atoms with E-state index in [9.17, 15) is 0 Å². The van der Waals surface area contributed by atoms with E-state index in [-0.39, 0.29) is 34.1 Å². The summed E-state index contributed by atoms with van der Waals surface area (Å²) in [6.07, 6.45) is 7.31. The minimum Gasteiger partial charge on any atom is -0.454 e. The average molecular weight is 586 g/mol. The Bertz CT molecular complexity index is 1190. The van der Waals surface area contributed by atoms with E-state index in [0.29, 0.717) is 0 Å². The Hall–Kier alpha value is -1.99. The molecule has 0 radical (unpaired) electrons. The minimum absolute atomic E-state index is 0.0313. The lowest BCUT2D eigenvalue weighted by molar-refractivity contribution is -0.178. The Balaban J connectivity index is 1.11. The number of rotatable bonds is 7. The van der Waals surface area contributed by atoms with E-state index in [1.807, 2.05) is 24.3 Å². The van der Waals surface area contributed by atoms with Gasteiger partial charge in [0.2, 0.25) is 6.29 Å². The first kappa shape index (κ1) is 29.7. The van der Waals surface area contributed by atoms with Crippen LogP contribution in [-0.4, -0.2) is 42.9 Å². The third kappa shape index (κ3) is 5.24. The van der Waals surface area contributed by atoms with Crippen LogP contribution in [0.25, 0.3) is 0 Å². The number of benzene rings is 2. The van der Waals surface area contributed by atoms with Crippen molar-refractivity contribution in [3.8, 4) is 11.5 Å². The highest BCUT2D eigenvalue weighted by atomic mass is 16.7. The third-order valence-electron chi connectivity index (χ3n) is 11.9. The summed E-state index contributed by atoms with van der Waals surface area (Å²) < 4.78 is 38.8. The van der Waals surface area contributed by atoms with Gasteiger partial charge in [-0.2, -0.15) is 0 Å². The lowest BCUT2D eigenvalue weighted by atomic mass is 9.49. The van der Waals surface area contributed by atoms with Gasteiger partial charge in [0.15, 0.2) is 0 Å². The van der Waals surface area contributed by atoms with Crippen LogP contribution >= 0.6 is 0 Å². The quantitative estimate of drug-likeness (QED) is 0.281. The molecule has 8 rings (SSSR count). The van der Waals surface area contributed by atoms with Crippen LogP contribution in [0.15, 0.2) is 48.5 Å². The zero-order chi connectivity index (χ0) is 30.4. The molecule has 6 nitrogen and oxygen atoms in total. The van der Waals surface area contributed by atoms with Crippen molar-refractivity contribution in [3.05, 3.63) is 48.5 Å². The fourth-order valence-electron chi connectivity index (χ4n) is 8.35. The van der Waals surface area contributed by atoms with Crippen LogP contribution in [0.1, 0.15) is 93.9 Å². The predicted octanol–water partition coefficient (Wildman–Crippen LogP) is 6.29. The molecule has 0 spiro atoms. The Kier molecular flexibility index (Phi) is 6.91. The van der Waals surface area contributed by atoms with Crippen LogP contribution in [0.4, 0.5) is 0 Å². The predicted molar refractivity (Wildman–Crippen MR) is 170 cm³/mol. The Labute approximate surface area is 258 Å². The molecular weight excluding hydrogens is 538 g/mol. The van der Waals surface area contributed by atoms with Crippen LogP contribution in [0.5, 0.6) is 11.5 Å². The molecule has 2 aromatic carbocycles. The van der Waals surface area contributed by atoms with Gasteiger partial charge in [0.05, 0.1) is 22.4 Å². The molecule has 4 aliphatic carbocycles. The Morgan fingerprint density at radius 2 is 0.837 bits per heavy atom. The van der Waals surface area contributed by atoms with E-state index in [2.05, 4.69) is 79.7 Å². The second-order valence-corrected chi connectivity index (χ2v) is 16.2. The number of hydrogen-bond acceptors (Lipinski definition) is 6. The number of hydrogen-bond donors (Lipinski definition) is 0. The van der Waals surface area contributed by atoms with Gasteiger partial charge in [-0.15, -0.1) is 0 Å². The summed E-state index contributed by atoms with van der Waals surface area (Å²) in [6, 6.07) is 16.4. The highest BCUT2D eigenvalue weighted by molar-refractivity contribution is 6.62. The van der Waals surface area contributed by atoms with E-state index >= 15 is 0 Å². The lowest BCUT2D eigenvalue weighted by Gasteiger charge is -2.58. The van der Waals surface area contributed by atoms with Crippen LogP contribution in [-0.2, 0) is 18.6 Å². The van der Waals surface area contributed by atoms with Gasteiger partial charge < -0.3 is 28.1 Å². The SMILES string of the molecule is CC1(C)OB(c2ccc(OC(Oc3ccc(B4OC(C)(C)C(C)(C)O4)cc3)C34CC5CC(CC(C5)C3)C4)cc2)OC1(C)C. The standard InChI is InChI=1S/C35H48B2O6/c1-31(2)32(3,4)41-36(40-31)26-9-13-28(14-10-26)38-30(35-20-23-17-24(21-35)19-25(18-23)22-35)39-29-15-11-27(12-16-29)37-42-33(5,6)34(7,8)43-37/h9-16,23-25,30H,17-22H2,1-8H3. The molecule has 0 aromatic heterocycles. The summed E-state index contributed by atoms with van der Waals surface area (Å²) in [5.41, 5.74) is 0.534. The van der Waals surface area contributed by atoms with Gasteiger partial charge in [-0.1, -0.05) is 24.3 Å². The van der Waals surface area contributed by atoms with Crippen molar-refractivity contribution in [3.63, 3.8) is 0 Å². The molecule has 2 saturated heterocycles. The topological polar surface area (TPSA) is 55.4 Å². The zero-order valence-electron chi connectivity index (χ0n) is 27.3. The molecule has 4 saturated carbocycles. The van der Waals surface area contributed by atoms with Crippen LogP contribution in [0, 0.1) is 23.2 Å². The van der Waals surface area contributed by atoms with E-state index in [0.717, 1.165) is 40.2 Å². The summed E-state index contributed by atoms with van der Waals surface area (Å²) in [5.74, 6) is 4.00. The highest BCUT2D eigenvalue weighted by Crippen LogP contribution is 2.62. The third-order valence-corrected chi connectivity index (χ3v) is 11.9. The average Bonchev–Trinajstić information content (AvgIpc) is 3.27. The minimum atomic E-state index is -0.392. The monoisotopic (exact) mass is 586 g/mol. The largest absolute Gasteiger partial charge is 0.494 e. The molecule has 4 bridgehead atoms. The first-order valence-corrected chi connectivity index (χ1v) is 16.4. The molecule has 230 valence electrons. The Morgan fingerprint density at radius 1 is 0.535 bits per heavy atom. The number of ether oxygens (including phenoxy) is 2.